The van der Waals surface area contributed by atoms with Crippen molar-refractivity contribution in [3.8, 4) is 5.75 Å². The van der Waals surface area contributed by atoms with Gasteiger partial charge in [-0.15, -0.1) is 0 Å². The lowest BCUT2D eigenvalue weighted by molar-refractivity contribution is -0.129. The molecule has 25 heavy (non-hydrogen) atoms. The van der Waals surface area contributed by atoms with E-state index in [-0.39, 0.29) is 18.1 Å². The first-order chi connectivity index (χ1) is 12.3. The molecule has 1 saturated heterocycles. The minimum Gasteiger partial charge on any atom is -0.480 e. The number of benzene rings is 2. The van der Waals surface area contributed by atoms with E-state index in [9.17, 15) is 4.79 Å². The molecule has 2 aliphatic rings. The van der Waals surface area contributed by atoms with Crippen LogP contribution in [-0.4, -0.2) is 36.0 Å². The third-order valence-electron chi connectivity index (χ3n) is 5.08. The number of hydrogen-bond acceptors (Lipinski definition) is 3. The molecule has 0 spiro atoms. The molecule has 1 fully saturated rings. The Morgan fingerprint density at radius 2 is 1.88 bits per heavy atom. The summed E-state index contributed by atoms with van der Waals surface area (Å²) in [5.74, 6) is 0.882. The number of fused-ring (bicyclic) bond motifs is 1. The molecule has 130 valence electrons. The predicted molar refractivity (Wildman–Crippen MR) is 97.4 cm³/mol. The molecule has 0 bridgehead atoms. The third-order valence-corrected chi connectivity index (χ3v) is 5.08. The van der Waals surface area contributed by atoms with Crippen molar-refractivity contribution in [2.24, 2.45) is 0 Å². The Balaban J connectivity index is 1.29. The number of nitrogens with one attached hydrogen (secondary N) is 1. The first kappa shape index (κ1) is 16.2. The van der Waals surface area contributed by atoms with Crippen molar-refractivity contribution >= 4 is 5.91 Å². The Bertz CT molecular complexity index is 732. The van der Waals surface area contributed by atoms with E-state index in [1.165, 1.54) is 11.1 Å². The largest absolute Gasteiger partial charge is 0.480 e. The highest BCUT2D eigenvalue weighted by Crippen LogP contribution is 2.27. The van der Waals surface area contributed by atoms with E-state index < -0.39 is 0 Å². The van der Waals surface area contributed by atoms with Crippen LogP contribution >= 0.6 is 0 Å². The van der Waals surface area contributed by atoms with Crippen LogP contribution < -0.4 is 10.1 Å². The van der Waals surface area contributed by atoms with Gasteiger partial charge < -0.3 is 10.1 Å². The zero-order chi connectivity index (χ0) is 17.1. The van der Waals surface area contributed by atoms with E-state index in [2.05, 4.69) is 40.5 Å². The number of rotatable bonds is 4. The van der Waals surface area contributed by atoms with Gasteiger partial charge in [0.1, 0.15) is 5.75 Å². The number of carbonyl (C=O) groups is 1. The highest BCUT2D eigenvalue weighted by atomic mass is 16.5. The molecule has 2 aromatic carbocycles. The second-order valence-electron chi connectivity index (χ2n) is 6.97. The molecule has 2 aromatic rings. The lowest BCUT2D eigenvalue weighted by Crippen LogP contribution is -2.46. The van der Waals surface area contributed by atoms with Crippen molar-refractivity contribution in [2.75, 3.05) is 13.1 Å². The number of aryl methyl sites for hydroxylation is 1. The SMILES string of the molecule is O=C(NC1CCN(Cc2ccccc2)C1)C1CCc2ccccc2O1. The summed E-state index contributed by atoms with van der Waals surface area (Å²) < 4.78 is 5.90. The van der Waals surface area contributed by atoms with E-state index >= 15 is 0 Å². The lowest BCUT2D eigenvalue weighted by atomic mass is 10.0. The van der Waals surface area contributed by atoms with Crippen LogP contribution in [0.25, 0.3) is 0 Å². The maximum Gasteiger partial charge on any atom is 0.261 e. The molecule has 0 radical (unpaired) electrons. The van der Waals surface area contributed by atoms with Crippen LogP contribution in [0.3, 0.4) is 0 Å². The van der Waals surface area contributed by atoms with Gasteiger partial charge in [0.2, 0.25) is 0 Å². The van der Waals surface area contributed by atoms with E-state index in [4.69, 9.17) is 4.74 Å². The second kappa shape index (κ2) is 7.28. The summed E-state index contributed by atoms with van der Waals surface area (Å²) in [6, 6.07) is 18.7. The van der Waals surface area contributed by atoms with Gasteiger partial charge in [-0.25, -0.2) is 0 Å². The zero-order valence-electron chi connectivity index (χ0n) is 14.4. The minimum absolute atomic E-state index is 0.0288. The standard InChI is InChI=1S/C21H24N2O2/c24-21(20-11-10-17-8-4-5-9-19(17)25-20)22-18-12-13-23(15-18)14-16-6-2-1-3-7-16/h1-9,18,20H,10-15H2,(H,22,24). The fourth-order valence-corrected chi connectivity index (χ4v) is 3.74. The molecule has 4 nitrogen and oxygen atoms in total. The molecule has 1 amide bonds. The highest BCUT2D eigenvalue weighted by molar-refractivity contribution is 5.81. The van der Waals surface area contributed by atoms with Gasteiger partial charge in [0.15, 0.2) is 6.10 Å². The number of ether oxygens (including phenoxy) is 1. The number of amides is 1. The van der Waals surface area contributed by atoms with Crippen LogP contribution in [0.5, 0.6) is 5.75 Å². The minimum atomic E-state index is -0.363. The van der Waals surface area contributed by atoms with Crippen LogP contribution in [0.1, 0.15) is 24.0 Å². The summed E-state index contributed by atoms with van der Waals surface area (Å²) in [7, 11) is 0. The molecule has 4 heteroatoms. The Morgan fingerprint density at radius 1 is 1.08 bits per heavy atom. The number of hydrogen-bond donors (Lipinski definition) is 1. The molecular weight excluding hydrogens is 312 g/mol. The number of para-hydroxylation sites is 1. The maximum atomic E-state index is 12.6. The third kappa shape index (κ3) is 3.85. The zero-order valence-corrected chi connectivity index (χ0v) is 14.4. The summed E-state index contributed by atoms with van der Waals surface area (Å²) in [4.78, 5) is 15.0. The summed E-state index contributed by atoms with van der Waals surface area (Å²) >= 11 is 0. The van der Waals surface area contributed by atoms with Crippen LogP contribution in [0, 0.1) is 0 Å². The van der Waals surface area contributed by atoms with E-state index in [1.54, 1.807) is 0 Å². The van der Waals surface area contributed by atoms with Gasteiger partial charge in [-0.2, -0.15) is 0 Å². The maximum absolute atomic E-state index is 12.6. The molecule has 0 aliphatic carbocycles. The van der Waals surface area contributed by atoms with Crippen LogP contribution in [-0.2, 0) is 17.8 Å². The van der Waals surface area contributed by atoms with Crippen molar-refractivity contribution in [3.63, 3.8) is 0 Å². The monoisotopic (exact) mass is 336 g/mol. The van der Waals surface area contributed by atoms with Crippen LogP contribution in [0.15, 0.2) is 54.6 Å². The smallest absolute Gasteiger partial charge is 0.261 e. The summed E-state index contributed by atoms with van der Waals surface area (Å²) in [6.07, 6.45) is 2.29. The number of likely N-dealkylation sites (tertiary alicyclic amines) is 1. The van der Waals surface area contributed by atoms with Gasteiger partial charge in [0.05, 0.1) is 0 Å². The summed E-state index contributed by atoms with van der Waals surface area (Å²) in [6.45, 7) is 2.87. The first-order valence-electron chi connectivity index (χ1n) is 9.09. The Morgan fingerprint density at radius 3 is 2.76 bits per heavy atom. The van der Waals surface area contributed by atoms with Gasteiger partial charge >= 0.3 is 0 Å². The molecule has 1 N–H and O–H groups in total. The van der Waals surface area contributed by atoms with Gasteiger partial charge in [-0.3, -0.25) is 9.69 Å². The highest BCUT2D eigenvalue weighted by Gasteiger charge is 2.30. The van der Waals surface area contributed by atoms with Crippen LogP contribution in [0.4, 0.5) is 0 Å². The van der Waals surface area contributed by atoms with E-state index in [0.717, 1.165) is 44.6 Å². The molecule has 2 aliphatic heterocycles. The Hall–Kier alpha value is -2.33. The van der Waals surface area contributed by atoms with Gasteiger partial charge in [0, 0.05) is 25.7 Å². The quantitative estimate of drug-likeness (QED) is 0.933. The number of nitrogens with zero attached hydrogens (tertiary/aromatic N) is 1. The van der Waals surface area contributed by atoms with Gasteiger partial charge in [-0.1, -0.05) is 48.5 Å². The Labute approximate surface area is 148 Å². The fourth-order valence-electron chi connectivity index (χ4n) is 3.74. The normalized spacial score (nSPS) is 22.9. The lowest BCUT2D eigenvalue weighted by Gasteiger charge is -2.26. The molecule has 2 heterocycles. The first-order valence-corrected chi connectivity index (χ1v) is 9.09. The van der Waals surface area contributed by atoms with E-state index in [0.29, 0.717) is 0 Å². The molecule has 2 atom stereocenters. The average Bonchev–Trinajstić information content (AvgIpc) is 3.09. The van der Waals surface area contributed by atoms with Crippen molar-refractivity contribution in [3.05, 3.63) is 65.7 Å². The molecule has 4 rings (SSSR count). The average molecular weight is 336 g/mol. The fraction of sp³-hybridized carbons (Fsp3) is 0.381. The summed E-state index contributed by atoms with van der Waals surface area (Å²) in [5, 5.41) is 3.19. The topological polar surface area (TPSA) is 41.6 Å². The van der Waals surface area contributed by atoms with Gasteiger partial charge in [0.25, 0.3) is 5.91 Å². The van der Waals surface area contributed by atoms with Gasteiger partial charge in [-0.05, 0) is 36.5 Å². The Kier molecular flexibility index (Phi) is 4.70. The molecule has 2 unspecified atom stereocenters. The molecule has 0 saturated carbocycles. The molecular formula is C21H24N2O2. The van der Waals surface area contributed by atoms with E-state index in [1.807, 2.05) is 24.3 Å². The van der Waals surface area contributed by atoms with Crippen molar-refractivity contribution in [2.45, 2.75) is 38.0 Å². The predicted octanol–water partition coefficient (Wildman–Crippen LogP) is 2.77. The van der Waals surface area contributed by atoms with Crippen molar-refractivity contribution < 1.29 is 9.53 Å². The number of carbonyl (C=O) groups excluding carboxylic acids is 1. The van der Waals surface area contributed by atoms with Crippen molar-refractivity contribution in [1.29, 1.82) is 0 Å². The van der Waals surface area contributed by atoms with Crippen LogP contribution in [0.2, 0.25) is 0 Å². The van der Waals surface area contributed by atoms with Crippen molar-refractivity contribution in [1.82, 2.24) is 10.2 Å². The molecule has 0 aromatic heterocycles. The second-order valence-corrected chi connectivity index (χ2v) is 6.97. The summed E-state index contributed by atoms with van der Waals surface area (Å²) in [5.41, 5.74) is 2.52.